The Kier molecular flexibility index (Phi) is 3.93. The third-order valence-electron chi connectivity index (χ3n) is 3.24. The Bertz CT molecular complexity index is 713. The molecular weight excluding hydrogens is 254 g/mol. The normalized spacial score (nSPS) is 11.1. The number of nitrogens with zero attached hydrogens (tertiary/aromatic N) is 1. The maximum atomic E-state index is 12.4. The summed E-state index contributed by atoms with van der Waals surface area (Å²) in [4.78, 5) is 24.3. The first kappa shape index (κ1) is 14.3. The van der Waals surface area contributed by atoms with E-state index in [2.05, 4.69) is 0 Å². The van der Waals surface area contributed by atoms with Crippen molar-refractivity contribution in [2.75, 3.05) is 6.61 Å². The molecule has 0 spiro atoms. The lowest BCUT2D eigenvalue weighted by molar-refractivity contribution is 0.0524. The predicted octanol–water partition coefficient (Wildman–Crippen LogP) is 3.07. The van der Waals surface area contributed by atoms with Gasteiger partial charge in [-0.25, -0.2) is 4.79 Å². The van der Waals surface area contributed by atoms with E-state index in [-0.39, 0.29) is 23.6 Å². The molecule has 0 N–H and O–H groups in total. The first-order valence-corrected chi connectivity index (χ1v) is 6.78. The summed E-state index contributed by atoms with van der Waals surface area (Å²) in [6, 6.07) is 5.76. The van der Waals surface area contributed by atoms with Gasteiger partial charge in [0.1, 0.15) is 5.56 Å². The molecule has 106 valence electrons. The van der Waals surface area contributed by atoms with Gasteiger partial charge in [0, 0.05) is 17.6 Å². The maximum absolute atomic E-state index is 12.4. The van der Waals surface area contributed by atoms with Crippen molar-refractivity contribution < 1.29 is 9.53 Å². The quantitative estimate of drug-likeness (QED) is 0.807. The summed E-state index contributed by atoms with van der Waals surface area (Å²) in [6.45, 7) is 7.99. The lowest BCUT2D eigenvalue weighted by Crippen LogP contribution is -2.21. The second-order valence-corrected chi connectivity index (χ2v) is 5.11. The molecule has 0 aliphatic heterocycles. The highest BCUT2D eigenvalue weighted by atomic mass is 16.5. The fourth-order valence-electron chi connectivity index (χ4n) is 2.24. The Hall–Kier alpha value is -2.10. The van der Waals surface area contributed by atoms with Crippen LogP contribution in [-0.2, 0) is 4.74 Å². The van der Waals surface area contributed by atoms with E-state index in [4.69, 9.17) is 4.74 Å². The van der Waals surface area contributed by atoms with Crippen LogP contribution in [-0.4, -0.2) is 17.1 Å². The van der Waals surface area contributed by atoms with Gasteiger partial charge < -0.3 is 9.30 Å². The Morgan fingerprint density at radius 1 is 1.35 bits per heavy atom. The van der Waals surface area contributed by atoms with Crippen LogP contribution < -0.4 is 5.43 Å². The Morgan fingerprint density at radius 2 is 2.05 bits per heavy atom. The first-order valence-electron chi connectivity index (χ1n) is 6.78. The monoisotopic (exact) mass is 273 g/mol. The molecule has 1 heterocycles. The number of ether oxygens (including phenoxy) is 1. The van der Waals surface area contributed by atoms with Crippen molar-refractivity contribution in [3.8, 4) is 0 Å². The van der Waals surface area contributed by atoms with Gasteiger partial charge in [-0.1, -0.05) is 6.07 Å². The van der Waals surface area contributed by atoms with Gasteiger partial charge in [0.25, 0.3) is 0 Å². The molecule has 0 bridgehead atoms. The number of hydrogen-bond acceptors (Lipinski definition) is 3. The van der Waals surface area contributed by atoms with Crippen LogP contribution in [0.5, 0.6) is 0 Å². The summed E-state index contributed by atoms with van der Waals surface area (Å²) in [5.41, 5.74) is 1.75. The van der Waals surface area contributed by atoms with Crippen molar-refractivity contribution in [2.45, 2.75) is 33.7 Å². The van der Waals surface area contributed by atoms with Crippen molar-refractivity contribution in [3.63, 3.8) is 0 Å². The van der Waals surface area contributed by atoms with Gasteiger partial charge in [-0.2, -0.15) is 0 Å². The summed E-state index contributed by atoms with van der Waals surface area (Å²) in [5, 5.41) is 0.551. The van der Waals surface area contributed by atoms with Crippen LogP contribution in [0.2, 0.25) is 0 Å². The Morgan fingerprint density at radius 3 is 2.65 bits per heavy atom. The van der Waals surface area contributed by atoms with E-state index < -0.39 is 5.97 Å². The van der Waals surface area contributed by atoms with Gasteiger partial charge in [-0.3, -0.25) is 4.79 Å². The zero-order chi connectivity index (χ0) is 14.9. The van der Waals surface area contributed by atoms with E-state index in [1.807, 2.05) is 37.5 Å². The third kappa shape index (κ3) is 2.46. The molecule has 0 amide bonds. The minimum Gasteiger partial charge on any atom is -0.462 e. The van der Waals surface area contributed by atoms with Gasteiger partial charge >= 0.3 is 5.97 Å². The molecule has 0 aliphatic rings. The minimum absolute atomic E-state index is 0.0944. The number of benzene rings is 1. The first-order chi connectivity index (χ1) is 9.45. The van der Waals surface area contributed by atoms with Gasteiger partial charge in [0.05, 0.1) is 12.1 Å². The smallest absolute Gasteiger partial charge is 0.343 e. The number of hydrogen-bond donors (Lipinski definition) is 0. The number of pyridine rings is 1. The molecule has 4 nitrogen and oxygen atoms in total. The number of esters is 1. The molecule has 20 heavy (non-hydrogen) atoms. The Balaban J connectivity index is 2.80. The summed E-state index contributed by atoms with van der Waals surface area (Å²) in [6.07, 6.45) is 1.60. The minimum atomic E-state index is -0.561. The number of carbonyl (C=O) groups is 1. The lowest BCUT2D eigenvalue weighted by atomic mass is 10.1. The molecule has 0 atom stereocenters. The lowest BCUT2D eigenvalue weighted by Gasteiger charge is -2.16. The molecule has 2 rings (SSSR count). The number of carbonyl (C=O) groups excluding carboxylic acids is 1. The van der Waals surface area contributed by atoms with E-state index in [9.17, 15) is 9.59 Å². The van der Waals surface area contributed by atoms with E-state index in [0.29, 0.717) is 5.39 Å². The summed E-state index contributed by atoms with van der Waals surface area (Å²) in [7, 11) is 0. The fourth-order valence-corrected chi connectivity index (χ4v) is 2.24. The van der Waals surface area contributed by atoms with Gasteiger partial charge in [-0.05, 0) is 45.4 Å². The summed E-state index contributed by atoms with van der Waals surface area (Å²) < 4.78 is 6.90. The van der Waals surface area contributed by atoms with E-state index in [1.165, 1.54) is 0 Å². The molecule has 0 aliphatic carbocycles. The highest BCUT2D eigenvalue weighted by Crippen LogP contribution is 2.18. The molecular formula is C16H19NO3. The standard InChI is InChI=1S/C16H19NO3/c1-5-20-16(19)13-9-17(10(2)3)14-8-11(4)6-7-12(14)15(13)18/h6-10H,5H2,1-4H3. The molecule has 0 fully saturated rings. The number of aromatic nitrogens is 1. The van der Waals surface area contributed by atoms with Crippen LogP contribution in [0, 0.1) is 6.92 Å². The number of aryl methyl sites for hydroxylation is 1. The van der Waals surface area contributed by atoms with Crippen LogP contribution in [0.4, 0.5) is 0 Å². The average Bonchev–Trinajstić information content (AvgIpc) is 2.38. The molecule has 0 saturated carbocycles. The molecule has 1 aromatic heterocycles. The van der Waals surface area contributed by atoms with Crippen molar-refractivity contribution >= 4 is 16.9 Å². The number of fused-ring (bicyclic) bond motifs is 1. The second kappa shape index (κ2) is 5.49. The van der Waals surface area contributed by atoms with Crippen molar-refractivity contribution in [1.82, 2.24) is 4.57 Å². The second-order valence-electron chi connectivity index (χ2n) is 5.11. The van der Waals surface area contributed by atoms with Crippen LogP contribution in [0.15, 0.2) is 29.2 Å². The highest BCUT2D eigenvalue weighted by molar-refractivity contribution is 5.93. The highest BCUT2D eigenvalue weighted by Gasteiger charge is 2.17. The topological polar surface area (TPSA) is 48.3 Å². The van der Waals surface area contributed by atoms with E-state index in [1.54, 1.807) is 19.2 Å². The fraction of sp³-hybridized carbons (Fsp3) is 0.375. The van der Waals surface area contributed by atoms with Gasteiger partial charge in [0.15, 0.2) is 0 Å². The third-order valence-corrected chi connectivity index (χ3v) is 3.24. The van der Waals surface area contributed by atoms with Crippen LogP contribution >= 0.6 is 0 Å². The zero-order valence-electron chi connectivity index (χ0n) is 12.3. The summed E-state index contributed by atoms with van der Waals surface area (Å²) >= 11 is 0. The largest absolute Gasteiger partial charge is 0.462 e. The SMILES string of the molecule is CCOC(=O)c1cn(C(C)C)c2cc(C)ccc2c1=O. The summed E-state index contributed by atoms with van der Waals surface area (Å²) in [5.74, 6) is -0.561. The molecule has 0 saturated heterocycles. The molecule has 2 aromatic rings. The molecule has 4 heteroatoms. The average molecular weight is 273 g/mol. The predicted molar refractivity (Wildman–Crippen MR) is 79.3 cm³/mol. The van der Waals surface area contributed by atoms with E-state index in [0.717, 1.165) is 11.1 Å². The zero-order valence-corrected chi connectivity index (χ0v) is 12.3. The van der Waals surface area contributed by atoms with Crippen LogP contribution in [0.1, 0.15) is 42.7 Å². The maximum Gasteiger partial charge on any atom is 0.343 e. The van der Waals surface area contributed by atoms with Crippen LogP contribution in [0.25, 0.3) is 10.9 Å². The van der Waals surface area contributed by atoms with Crippen molar-refractivity contribution in [3.05, 3.63) is 45.7 Å². The van der Waals surface area contributed by atoms with Crippen molar-refractivity contribution in [2.24, 2.45) is 0 Å². The van der Waals surface area contributed by atoms with Crippen LogP contribution in [0.3, 0.4) is 0 Å². The van der Waals surface area contributed by atoms with Crippen molar-refractivity contribution in [1.29, 1.82) is 0 Å². The van der Waals surface area contributed by atoms with Gasteiger partial charge in [-0.15, -0.1) is 0 Å². The molecule has 0 radical (unpaired) electrons. The van der Waals surface area contributed by atoms with E-state index >= 15 is 0 Å². The number of rotatable bonds is 3. The molecule has 0 unspecified atom stereocenters. The Labute approximate surface area is 118 Å². The molecule has 1 aromatic carbocycles. The van der Waals surface area contributed by atoms with Gasteiger partial charge in [0.2, 0.25) is 5.43 Å².